The van der Waals surface area contributed by atoms with Crippen LogP contribution in [0.4, 0.5) is 23.0 Å². The third-order valence-corrected chi connectivity index (χ3v) is 6.56. The van der Waals surface area contributed by atoms with Gasteiger partial charge in [0, 0.05) is 42.1 Å². The Labute approximate surface area is 219 Å². The van der Waals surface area contributed by atoms with E-state index < -0.39 is 0 Å². The van der Waals surface area contributed by atoms with Gasteiger partial charge in [0.15, 0.2) is 0 Å². The molecule has 8 heteroatoms. The molecule has 2 heterocycles. The summed E-state index contributed by atoms with van der Waals surface area (Å²) in [6.07, 6.45) is 8.25. The highest BCUT2D eigenvalue weighted by molar-refractivity contribution is 6.00. The van der Waals surface area contributed by atoms with Gasteiger partial charge in [-0.1, -0.05) is 32.9 Å². The molecule has 0 spiro atoms. The van der Waals surface area contributed by atoms with Crippen molar-refractivity contribution in [2.75, 3.05) is 31.3 Å². The fourth-order valence-electron chi connectivity index (χ4n) is 4.40. The summed E-state index contributed by atoms with van der Waals surface area (Å²) < 4.78 is 0. The van der Waals surface area contributed by atoms with Gasteiger partial charge in [0.25, 0.3) is 5.91 Å². The number of hydrogen-bond donors (Lipinski definition) is 3. The van der Waals surface area contributed by atoms with Crippen LogP contribution >= 0.6 is 0 Å². The van der Waals surface area contributed by atoms with Gasteiger partial charge >= 0.3 is 0 Å². The lowest BCUT2D eigenvalue weighted by atomic mass is 9.87. The topological polar surface area (TPSA) is 95.1 Å². The zero-order valence-electron chi connectivity index (χ0n) is 22.4. The van der Waals surface area contributed by atoms with Crippen molar-refractivity contribution in [2.24, 2.45) is 0 Å². The summed E-state index contributed by atoms with van der Waals surface area (Å²) in [4.78, 5) is 28.8. The second-order valence-corrected chi connectivity index (χ2v) is 10.7. The van der Waals surface area contributed by atoms with E-state index in [0.717, 1.165) is 18.5 Å². The largest absolute Gasteiger partial charge is 0.348 e. The van der Waals surface area contributed by atoms with Crippen LogP contribution in [0.25, 0.3) is 0 Å². The molecule has 194 valence electrons. The molecule has 0 radical (unpaired) electrons. The molecule has 2 aromatic heterocycles. The Morgan fingerprint density at radius 2 is 1.92 bits per heavy atom. The minimum Gasteiger partial charge on any atom is -0.348 e. The first kappa shape index (κ1) is 26.3. The third kappa shape index (κ3) is 6.51. The molecule has 0 fully saturated rings. The average molecular weight is 500 g/mol. The van der Waals surface area contributed by atoms with Crippen LogP contribution in [0.15, 0.2) is 55.4 Å². The quantitative estimate of drug-likeness (QED) is 0.376. The molecular weight excluding hydrogens is 462 g/mol. The van der Waals surface area contributed by atoms with Crippen LogP contribution in [-0.2, 0) is 18.3 Å². The van der Waals surface area contributed by atoms with E-state index in [1.165, 1.54) is 17.5 Å². The summed E-state index contributed by atoms with van der Waals surface area (Å²) >= 11 is 0. The lowest BCUT2D eigenvalue weighted by molar-refractivity contribution is 0.0958. The number of fused-ring (bicyclic) bond motifs is 1. The minimum atomic E-state index is -0.241. The van der Waals surface area contributed by atoms with Crippen molar-refractivity contribution in [3.8, 4) is 0 Å². The first-order chi connectivity index (χ1) is 17.6. The van der Waals surface area contributed by atoms with Crippen LogP contribution in [0.1, 0.15) is 54.5 Å². The zero-order valence-corrected chi connectivity index (χ0v) is 22.4. The highest BCUT2D eigenvalue weighted by atomic mass is 16.1. The lowest BCUT2D eigenvalue weighted by Gasteiger charge is -2.30. The fourth-order valence-corrected chi connectivity index (χ4v) is 4.40. The van der Waals surface area contributed by atoms with Gasteiger partial charge in [0.1, 0.15) is 17.5 Å². The summed E-state index contributed by atoms with van der Waals surface area (Å²) in [5.74, 6) is 1.72. The molecule has 1 aromatic carbocycles. The Morgan fingerprint density at radius 3 is 2.65 bits per heavy atom. The van der Waals surface area contributed by atoms with E-state index in [0.29, 0.717) is 41.3 Å². The van der Waals surface area contributed by atoms with Crippen molar-refractivity contribution in [3.05, 3.63) is 77.9 Å². The first-order valence-corrected chi connectivity index (χ1v) is 12.7. The van der Waals surface area contributed by atoms with E-state index in [-0.39, 0.29) is 11.3 Å². The van der Waals surface area contributed by atoms with Gasteiger partial charge in [-0.2, -0.15) is 0 Å². The standard InChI is InChI=1S/C29H37N7O/c1-7-13-30-27(37)23-18-32-26(17-24(23)34-25-12-14-31-28(35-25)29(2,3)4)33-21-10-8-19-9-11-22(36(5)6)16-20(19)15-21/h7-8,10,12,14-15,17-18,22H,1,9,11,13,16H2,2-6H3,(H,30,37)(H2,31,32,33,34,35). The maximum Gasteiger partial charge on any atom is 0.255 e. The Kier molecular flexibility index (Phi) is 7.88. The van der Waals surface area contributed by atoms with Gasteiger partial charge in [0.2, 0.25) is 0 Å². The van der Waals surface area contributed by atoms with E-state index in [9.17, 15) is 4.79 Å². The van der Waals surface area contributed by atoms with Crippen LogP contribution in [0.3, 0.4) is 0 Å². The number of aryl methyl sites for hydroxylation is 1. The Hall–Kier alpha value is -3.78. The number of carbonyl (C=O) groups excluding carboxylic acids is 1. The normalized spacial score (nSPS) is 15.1. The van der Waals surface area contributed by atoms with Gasteiger partial charge in [-0.3, -0.25) is 4.79 Å². The number of anilines is 4. The Balaban J connectivity index is 1.63. The number of pyridine rings is 1. The summed E-state index contributed by atoms with van der Waals surface area (Å²) in [7, 11) is 4.29. The molecule has 1 amide bonds. The van der Waals surface area contributed by atoms with Gasteiger partial charge in [-0.25, -0.2) is 15.0 Å². The van der Waals surface area contributed by atoms with Crippen molar-refractivity contribution in [3.63, 3.8) is 0 Å². The second kappa shape index (κ2) is 11.1. The van der Waals surface area contributed by atoms with Gasteiger partial charge in [-0.15, -0.1) is 6.58 Å². The molecule has 3 N–H and O–H groups in total. The SMILES string of the molecule is C=CCNC(=O)c1cnc(Nc2ccc3c(c2)CC(N(C)C)CC3)cc1Nc1ccnc(C(C)(C)C)n1. The van der Waals surface area contributed by atoms with E-state index in [1.807, 2.05) is 6.07 Å². The summed E-state index contributed by atoms with van der Waals surface area (Å²) in [6.45, 7) is 10.2. The molecule has 1 atom stereocenters. The number of hydrogen-bond acceptors (Lipinski definition) is 7. The number of nitrogens with zero attached hydrogens (tertiary/aromatic N) is 4. The van der Waals surface area contributed by atoms with Crippen molar-refractivity contribution in [1.82, 2.24) is 25.2 Å². The maximum atomic E-state index is 12.9. The number of rotatable bonds is 8. The van der Waals surface area contributed by atoms with Crippen molar-refractivity contribution in [2.45, 2.75) is 51.5 Å². The summed E-state index contributed by atoms with van der Waals surface area (Å²) in [5.41, 5.74) is 4.56. The van der Waals surface area contributed by atoms with E-state index in [2.05, 4.69) is 95.4 Å². The first-order valence-electron chi connectivity index (χ1n) is 12.7. The summed E-state index contributed by atoms with van der Waals surface area (Å²) in [5, 5.41) is 9.57. The molecule has 3 aromatic rings. The van der Waals surface area contributed by atoms with Crippen LogP contribution in [0.2, 0.25) is 0 Å². The van der Waals surface area contributed by atoms with Gasteiger partial charge < -0.3 is 20.9 Å². The number of carbonyl (C=O) groups is 1. The highest BCUT2D eigenvalue weighted by Crippen LogP contribution is 2.29. The zero-order chi connectivity index (χ0) is 26.6. The number of benzene rings is 1. The Bertz CT molecular complexity index is 1280. The monoisotopic (exact) mass is 499 g/mol. The van der Waals surface area contributed by atoms with Crippen LogP contribution < -0.4 is 16.0 Å². The molecule has 37 heavy (non-hydrogen) atoms. The predicted octanol–water partition coefficient (Wildman–Crippen LogP) is 4.99. The van der Waals surface area contributed by atoms with Crippen molar-refractivity contribution >= 4 is 28.9 Å². The molecule has 0 saturated carbocycles. The molecule has 0 aliphatic heterocycles. The number of aromatic nitrogens is 3. The molecule has 0 bridgehead atoms. The number of likely N-dealkylation sites (N-methyl/N-ethyl adjacent to an activating group) is 1. The van der Waals surface area contributed by atoms with Gasteiger partial charge in [-0.05, 0) is 62.7 Å². The molecule has 4 rings (SSSR count). The van der Waals surface area contributed by atoms with Crippen LogP contribution in [0, 0.1) is 0 Å². The predicted molar refractivity (Wildman–Crippen MR) is 150 cm³/mol. The minimum absolute atomic E-state index is 0.204. The molecule has 1 aliphatic rings. The van der Waals surface area contributed by atoms with E-state index in [4.69, 9.17) is 0 Å². The van der Waals surface area contributed by atoms with Gasteiger partial charge in [0.05, 0.1) is 11.3 Å². The van der Waals surface area contributed by atoms with Crippen LogP contribution in [0.5, 0.6) is 0 Å². The highest BCUT2D eigenvalue weighted by Gasteiger charge is 2.21. The molecule has 1 unspecified atom stereocenters. The van der Waals surface area contributed by atoms with Crippen LogP contribution in [-0.4, -0.2) is 52.4 Å². The molecule has 1 aliphatic carbocycles. The second-order valence-electron chi connectivity index (χ2n) is 10.7. The number of nitrogens with one attached hydrogen (secondary N) is 3. The smallest absolute Gasteiger partial charge is 0.255 e. The Morgan fingerprint density at radius 1 is 1.11 bits per heavy atom. The third-order valence-electron chi connectivity index (χ3n) is 6.56. The fraction of sp³-hybridized carbons (Fsp3) is 0.379. The summed E-state index contributed by atoms with van der Waals surface area (Å²) in [6, 6.07) is 10.7. The maximum absolute atomic E-state index is 12.9. The average Bonchev–Trinajstić information content (AvgIpc) is 2.86. The molecule has 0 saturated heterocycles. The number of amides is 1. The molecule has 8 nitrogen and oxygen atoms in total. The molecular formula is C29H37N7O. The van der Waals surface area contributed by atoms with E-state index in [1.54, 1.807) is 24.5 Å². The van der Waals surface area contributed by atoms with Crippen molar-refractivity contribution < 1.29 is 4.79 Å². The lowest BCUT2D eigenvalue weighted by Crippen LogP contribution is -2.33. The van der Waals surface area contributed by atoms with E-state index >= 15 is 0 Å². The van der Waals surface area contributed by atoms with Crippen molar-refractivity contribution in [1.29, 1.82) is 0 Å².